The summed E-state index contributed by atoms with van der Waals surface area (Å²) in [5.41, 5.74) is -0.122. The average Bonchev–Trinajstić information content (AvgIpc) is 2.29. The van der Waals surface area contributed by atoms with Crippen molar-refractivity contribution in [3.05, 3.63) is 36.1 Å². The van der Waals surface area contributed by atoms with Crippen LogP contribution >= 0.6 is 0 Å². The second kappa shape index (κ2) is 3.96. The van der Waals surface area contributed by atoms with Crippen LogP contribution in [-0.2, 0) is 9.59 Å². The lowest BCUT2D eigenvalue weighted by molar-refractivity contribution is -0.135. The number of aliphatic carboxylic acids is 1. The zero-order valence-electron chi connectivity index (χ0n) is 8.96. The van der Waals surface area contributed by atoms with Crippen molar-refractivity contribution in [2.45, 2.75) is 13.0 Å². The maximum Gasteiger partial charge on any atom is 0.340 e. The predicted molar refractivity (Wildman–Crippen MR) is 58.7 cm³/mol. The molecule has 1 heterocycles. The highest BCUT2D eigenvalue weighted by molar-refractivity contribution is 6.18. The molecule has 2 rings (SSSR count). The molecule has 1 N–H and O–H groups in total. The van der Waals surface area contributed by atoms with Crippen LogP contribution in [0.5, 0.6) is 0 Å². The van der Waals surface area contributed by atoms with Crippen molar-refractivity contribution < 1.29 is 14.7 Å². The van der Waals surface area contributed by atoms with Crippen LogP contribution in [0.2, 0.25) is 0 Å². The first-order valence-electron chi connectivity index (χ1n) is 5.25. The fourth-order valence-electron chi connectivity index (χ4n) is 2.11. The van der Waals surface area contributed by atoms with Gasteiger partial charge in [0.25, 0.3) is 0 Å². The summed E-state index contributed by atoms with van der Waals surface area (Å²) in [6, 6.07) is -0.0365. The van der Waals surface area contributed by atoms with Crippen molar-refractivity contribution in [1.29, 1.82) is 0 Å². The van der Waals surface area contributed by atoms with Crippen LogP contribution < -0.4 is 0 Å². The van der Waals surface area contributed by atoms with E-state index < -0.39 is 5.97 Å². The Morgan fingerprint density at radius 1 is 1.44 bits per heavy atom. The summed E-state index contributed by atoms with van der Waals surface area (Å²) in [6.45, 7) is 2.62. The van der Waals surface area contributed by atoms with Crippen molar-refractivity contribution in [2.24, 2.45) is 5.92 Å². The lowest BCUT2D eigenvalue weighted by Crippen LogP contribution is -2.45. The highest BCUT2D eigenvalue weighted by atomic mass is 16.4. The quantitative estimate of drug-likeness (QED) is 0.703. The fourth-order valence-corrected chi connectivity index (χ4v) is 2.11. The summed E-state index contributed by atoms with van der Waals surface area (Å²) >= 11 is 0. The van der Waals surface area contributed by atoms with Gasteiger partial charge in [-0.25, -0.2) is 4.79 Å². The predicted octanol–water partition coefficient (Wildman–Crippen LogP) is 0.970. The number of Topliss-reactive ketones (excluding diaryl/α,β-unsaturated/α-hetero) is 1. The third-order valence-electron chi connectivity index (χ3n) is 2.95. The number of carbonyl (C=O) groups is 2. The molecule has 2 aliphatic rings. The van der Waals surface area contributed by atoms with Gasteiger partial charge in [0.2, 0.25) is 0 Å². The van der Waals surface area contributed by atoms with Gasteiger partial charge >= 0.3 is 5.97 Å². The Morgan fingerprint density at radius 3 is 2.75 bits per heavy atom. The van der Waals surface area contributed by atoms with Gasteiger partial charge in [-0.2, -0.15) is 0 Å². The van der Waals surface area contributed by atoms with Gasteiger partial charge in [0.1, 0.15) is 5.57 Å². The number of likely N-dealkylation sites (N-methyl/N-ethyl adjacent to an activating group) is 1. The summed E-state index contributed by atoms with van der Waals surface area (Å²) in [7, 11) is 0. The number of ketones is 1. The molecular weight excluding hydrogens is 206 g/mol. The van der Waals surface area contributed by atoms with Gasteiger partial charge in [-0.05, 0) is 6.92 Å². The summed E-state index contributed by atoms with van der Waals surface area (Å²) in [5, 5.41) is 8.95. The van der Waals surface area contributed by atoms with Crippen LogP contribution in [0.1, 0.15) is 6.92 Å². The maximum absolute atomic E-state index is 11.9. The van der Waals surface area contributed by atoms with E-state index in [2.05, 4.69) is 0 Å². The number of carbonyl (C=O) groups excluding carboxylic acids is 1. The first kappa shape index (κ1) is 10.7. The van der Waals surface area contributed by atoms with Gasteiger partial charge in [0.15, 0.2) is 5.78 Å². The Balaban J connectivity index is 2.42. The molecule has 0 bridgehead atoms. The molecule has 0 aromatic rings. The number of carboxylic acids is 1. The number of hydrogen-bond acceptors (Lipinski definition) is 3. The smallest absolute Gasteiger partial charge is 0.340 e. The van der Waals surface area contributed by atoms with Crippen LogP contribution in [0, 0.1) is 5.92 Å². The van der Waals surface area contributed by atoms with E-state index in [4.69, 9.17) is 5.11 Å². The first-order chi connectivity index (χ1) is 7.65. The molecule has 16 heavy (non-hydrogen) atoms. The summed E-state index contributed by atoms with van der Waals surface area (Å²) in [6.07, 6.45) is 8.83. The topological polar surface area (TPSA) is 57.6 Å². The van der Waals surface area contributed by atoms with Gasteiger partial charge in [-0.3, -0.25) is 4.79 Å². The van der Waals surface area contributed by atoms with E-state index in [1.807, 2.05) is 24.0 Å². The molecule has 1 aliphatic carbocycles. The lowest BCUT2D eigenvalue weighted by atomic mass is 9.84. The molecule has 0 aromatic carbocycles. The fraction of sp³-hybridized carbons (Fsp3) is 0.333. The highest BCUT2D eigenvalue weighted by Crippen LogP contribution is 2.27. The van der Waals surface area contributed by atoms with Crippen molar-refractivity contribution >= 4 is 11.8 Å². The second-order valence-corrected chi connectivity index (χ2v) is 3.83. The molecule has 0 fully saturated rings. The molecule has 0 radical (unpaired) electrons. The molecule has 4 heteroatoms. The molecular formula is C12H13NO3. The SMILES string of the molecule is CCN1C=C(C(=O)O)C(=O)C2C=CC=CC21. The Kier molecular flexibility index (Phi) is 2.64. The van der Waals surface area contributed by atoms with E-state index in [-0.39, 0.29) is 23.3 Å². The molecule has 2 unspecified atom stereocenters. The number of nitrogens with zero attached hydrogens (tertiary/aromatic N) is 1. The number of hydrogen-bond donors (Lipinski definition) is 1. The minimum absolute atomic E-state index is 0.0365. The molecule has 0 spiro atoms. The van der Waals surface area contributed by atoms with Gasteiger partial charge in [-0.15, -0.1) is 0 Å². The number of carboxylic acid groups (broad SMARTS) is 1. The molecule has 4 nitrogen and oxygen atoms in total. The molecule has 0 amide bonds. The average molecular weight is 219 g/mol. The van der Waals surface area contributed by atoms with Crippen LogP contribution in [0.4, 0.5) is 0 Å². The van der Waals surface area contributed by atoms with Crippen LogP contribution in [0.3, 0.4) is 0 Å². The summed E-state index contributed by atoms with van der Waals surface area (Å²) < 4.78 is 0. The van der Waals surface area contributed by atoms with Gasteiger partial charge in [-0.1, -0.05) is 24.3 Å². The minimum atomic E-state index is -1.15. The van der Waals surface area contributed by atoms with Crippen molar-refractivity contribution in [2.75, 3.05) is 6.54 Å². The summed E-state index contributed by atoms with van der Waals surface area (Å²) in [4.78, 5) is 24.7. The van der Waals surface area contributed by atoms with Crippen molar-refractivity contribution in [3.63, 3.8) is 0 Å². The Bertz CT molecular complexity index is 420. The number of fused-ring (bicyclic) bond motifs is 1. The molecule has 84 valence electrons. The van der Waals surface area contributed by atoms with Crippen molar-refractivity contribution in [3.8, 4) is 0 Å². The van der Waals surface area contributed by atoms with Crippen LogP contribution in [0.25, 0.3) is 0 Å². The van der Waals surface area contributed by atoms with E-state index in [9.17, 15) is 9.59 Å². The van der Waals surface area contributed by atoms with Gasteiger partial charge < -0.3 is 10.0 Å². The maximum atomic E-state index is 11.9. The zero-order valence-corrected chi connectivity index (χ0v) is 8.96. The molecule has 0 saturated heterocycles. The monoisotopic (exact) mass is 219 g/mol. The first-order valence-corrected chi connectivity index (χ1v) is 5.25. The van der Waals surface area contributed by atoms with E-state index in [1.165, 1.54) is 6.20 Å². The largest absolute Gasteiger partial charge is 0.478 e. The van der Waals surface area contributed by atoms with Crippen LogP contribution in [-0.4, -0.2) is 34.3 Å². The van der Waals surface area contributed by atoms with Crippen LogP contribution in [0.15, 0.2) is 36.1 Å². The zero-order chi connectivity index (χ0) is 11.7. The summed E-state index contributed by atoms with van der Waals surface area (Å²) in [5.74, 6) is -1.81. The molecule has 2 atom stereocenters. The van der Waals surface area contributed by atoms with E-state index in [0.29, 0.717) is 6.54 Å². The van der Waals surface area contributed by atoms with E-state index in [1.54, 1.807) is 12.2 Å². The third-order valence-corrected chi connectivity index (χ3v) is 2.95. The standard InChI is InChI=1S/C12H13NO3/c1-2-13-7-9(12(15)16)11(14)8-5-3-4-6-10(8)13/h3-8,10H,2H2,1H3,(H,15,16). The lowest BCUT2D eigenvalue weighted by Gasteiger charge is -2.37. The van der Waals surface area contributed by atoms with E-state index in [0.717, 1.165) is 0 Å². The van der Waals surface area contributed by atoms with E-state index >= 15 is 0 Å². The van der Waals surface area contributed by atoms with Gasteiger partial charge in [0.05, 0.1) is 12.0 Å². The molecule has 0 aromatic heterocycles. The number of allylic oxidation sites excluding steroid dienone is 2. The highest BCUT2D eigenvalue weighted by Gasteiger charge is 2.37. The normalized spacial score (nSPS) is 27.7. The van der Waals surface area contributed by atoms with Crippen molar-refractivity contribution in [1.82, 2.24) is 4.90 Å². The third kappa shape index (κ3) is 1.56. The van der Waals surface area contributed by atoms with Gasteiger partial charge in [0, 0.05) is 12.7 Å². The molecule has 0 saturated carbocycles. The second-order valence-electron chi connectivity index (χ2n) is 3.83. The molecule has 1 aliphatic heterocycles. The Hall–Kier alpha value is -1.84. The Morgan fingerprint density at radius 2 is 2.12 bits per heavy atom. The number of rotatable bonds is 2. The minimum Gasteiger partial charge on any atom is -0.478 e. The Labute approximate surface area is 93.6 Å².